The Labute approximate surface area is 95.2 Å². The van der Waals surface area contributed by atoms with E-state index in [0.29, 0.717) is 0 Å². The van der Waals surface area contributed by atoms with E-state index in [1.54, 1.807) is 0 Å². The summed E-state index contributed by atoms with van der Waals surface area (Å²) >= 11 is 3.44. The number of rotatable bonds is 3. The van der Waals surface area contributed by atoms with Crippen molar-refractivity contribution in [3.8, 4) is 0 Å². The van der Waals surface area contributed by atoms with Crippen molar-refractivity contribution < 1.29 is 0 Å². The van der Waals surface area contributed by atoms with Crippen molar-refractivity contribution in [2.75, 3.05) is 5.33 Å². The summed E-state index contributed by atoms with van der Waals surface area (Å²) in [6.45, 7) is 6.49. The third kappa shape index (κ3) is 2.98. The van der Waals surface area contributed by atoms with Crippen LogP contribution < -0.4 is 0 Å². The quantitative estimate of drug-likeness (QED) is 0.696. The van der Waals surface area contributed by atoms with Crippen molar-refractivity contribution >= 4 is 21.5 Å². The molecule has 0 aliphatic heterocycles. The molecule has 76 valence electrons. The van der Waals surface area contributed by atoms with E-state index in [2.05, 4.69) is 61.0 Å². The van der Waals surface area contributed by atoms with Crippen LogP contribution in [0.15, 0.2) is 24.3 Å². The lowest BCUT2D eigenvalue weighted by atomic mass is 9.99. The Balaban J connectivity index is 2.99. The first-order valence-corrected chi connectivity index (χ1v) is 6.07. The number of hydrogen-bond donors (Lipinski definition) is 0. The van der Waals surface area contributed by atoms with E-state index in [-0.39, 0.29) is 0 Å². The third-order valence-corrected chi connectivity index (χ3v) is 2.84. The fourth-order valence-corrected chi connectivity index (χ4v) is 1.77. The van der Waals surface area contributed by atoms with Gasteiger partial charge in [0.1, 0.15) is 0 Å². The van der Waals surface area contributed by atoms with Gasteiger partial charge in [-0.05, 0) is 43.9 Å². The Kier molecular flexibility index (Phi) is 4.40. The highest BCUT2D eigenvalue weighted by atomic mass is 79.9. The molecular formula is C13H17Br. The molecule has 0 spiro atoms. The van der Waals surface area contributed by atoms with Crippen molar-refractivity contribution in [1.29, 1.82) is 0 Å². The number of alkyl halides is 1. The van der Waals surface area contributed by atoms with E-state index < -0.39 is 0 Å². The monoisotopic (exact) mass is 252 g/mol. The van der Waals surface area contributed by atoms with E-state index in [1.807, 2.05) is 0 Å². The van der Waals surface area contributed by atoms with Gasteiger partial charge in [0.25, 0.3) is 0 Å². The molecule has 14 heavy (non-hydrogen) atoms. The molecule has 1 aromatic carbocycles. The van der Waals surface area contributed by atoms with Gasteiger partial charge in [-0.25, -0.2) is 0 Å². The van der Waals surface area contributed by atoms with Crippen molar-refractivity contribution in [3.63, 3.8) is 0 Å². The normalized spacial score (nSPS) is 11.9. The number of allylic oxidation sites excluding steroid dienone is 2. The molecule has 0 fully saturated rings. The second kappa shape index (κ2) is 5.35. The summed E-state index contributed by atoms with van der Waals surface area (Å²) in [5.74, 6) is 0. The Morgan fingerprint density at radius 3 is 2.71 bits per heavy atom. The second-order valence-corrected chi connectivity index (χ2v) is 4.48. The molecule has 0 aliphatic rings. The maximum Gasteiger partial charge on any atom is 0.00661 e. The maximum atomic E-state index is 3.44. The summed E-state index contributed by atoms with van der Waals surface area (Å²) in [5, 5.41) is 1.04. The van der Waals surface area contributed by atoms with Crippen molar-refractivity contribution in [3.05, 3.63) is 41.0 Å². The fourth-order valence-electron chi connectivity index (χ4n) is 1.54. The lowest BCUT2D eigenvalue weighted by molar-refractivity contribution is 1.25. The molecule has 0 aromatic heterocycles. The van der Waals surface area contributed by atoms with E-state index in [1.165, 1.54) is 22.3 Å². The van der Waals surface area contributed by atoms with Crippen LogP contribution in [0.25, 0.3) is 5.57 Å². The largest absolute Gasteiger partial charge is 0.0925 e. The summed E-state index contributed by atoms with van der Waals surface area (Å²) in [7, 11) is 0. The van der Waals surface area contributed by atoms with Gasteiger partial charge in [0.05, 0.1) is 0 Å². The van der Waals surface area contributed by atoms with Crippen LogP contribution in [-0.4, -0.2) is 5.33 Å². The molecule has 0 saturated heterocycles. The van der Waals surface area contributed by atoms with Crippen LogP contribution in [0.3, 0.4) is 0 Å². The summed E-state index contributed by atoms with van der Waals surface area (Å²) in [4.78, 5) is 0. The molecule has 0 heterocycles. The number of aryl methyl sites for hydroxylation is 2. The van der Waals surface area contributed by atoms with Crippen LogP contribution in [-0.2, 0) is 0 Å². The average molecular weight is 253 g/mol. The molecule has 0 N–H and O–H groups in total. The van der Waals surface area contributed by atoms with Gasteiger partial charge >= 0.3 is 0 Å². The first-order chi connectivity index (χ1) is 6.65. The fraction of sp³-hybridized carbons (Fsp3) is 0.385. The molecule has 1 aromatic rings. The molecular weight excluding hydrogens is 236 g/mol. The summed E-state index contributed by atoms with van der Waals surface area (Å²) in [6, 6.07) is 6.61. The molecule has 0 amide bonds. The first kappa shape index (κ1) is 11.5. The summed E-state index contributed by atoms with van der Waals surface area (Å²) in [5.41, 5.74) is 5.45. The molecule has 0 unspecified atom stereocenters. The predicted molar refractivity (Wildman–Crippen MR) is 68.0 cm³/mol. The topological polar surface area (TPSA) is 0 Å². The zero-order valence-electron chi connectivity index (χ0n) is 9.10. The van der Waals surface area contributed by atoms with Gasteiger partial charge in [0, 0.05) is 5.33 Å². The molecule has 0 bridgehead atoms. The van der Waals surface area contributed by atoms with Crippen LogP contribution in [0.4, 0.5) is 0 Å². The molecule has 0 radical (unpaired) electrons. The highest BCUT2D eigenvalue weighted by Crippen LogP contribution is 2.20. The third-order valence-electron chi connectivity index (χ3n) is 2.38. The minimum absolute atomic E-state index is 1.04. The molecule has 1 heteroatoms. The smallest absolute Gasteiger partial charge is 0.00661 e. The van der Waals surface area contributed by atoms with Crippen LogP contribution in [0, 0.1) is 13.8 Å². The van der Waals surface area contributed by atoms with Crippen LogP contribution >= 0.6 is 15.9 Å². The molecule has 0 saturated carbocycles. The lowest BCUT2D eigenvalue weighted by Crippen LogP contribution is -1.87. The van der Waals surface area contributed by atoms with Gasteiger partial charge in [-0.3, -0.25) is 0 Å². The Morgan fingerprint density at radius 1 is 1.36 bits per heavy atom. The standard InChI is InChI=1S/C13H17Br/c1-10-6-7-12(3)13(9-10)11(2)5-4-8-14/h5-7,9H,4,8H2,1-3H3. The van der Waals surface area contributed by atoms with Gasteiger partial charge in [-0.2, -0.15) is 0 Å². The zero-order valence-corrected chi connectivity index (χ0v) is 10.7. The molecule has 0 aliphatic carbocycles. The minimum Gasteiger partial charge on any atom is -0.0925 e. The Hall–Kier alpha value is -0.560. The summed E-state index contributed by atoms with van der Waals surface area (Å²) < 4.78 is 0. The van der Waals surface area contributed by atoms with Gasteiger partial charge in [-0.1, -0.05) is 45.8 Å². The van der Waals surface area contributed by atoms with Crippen LogP contribution in [0.2, 0.25) is 0 Å². The van der Waals surface area contributed by atoms with Gasteiger partial charge in [0.15, 0.2) is 0 Å². The molecule has 0 nitrogen and oxygen atoms in total. The zero-order chi connectivity index (χ0) is 10.6. The minimum atomic E-state index is 1.04. The number of benzene rings is 1. The van der Waals surface area contributed by atoms with Gasteiger partial charge in [-0.15, -0.1) is 0 Å². The van der Waals surface area contributed by atoms with Gasteiger partial charge < -0.3 is 0 Å². The lowest BCUT2D eigenvalue weighted by Gasteiger charge is -2.07. The van der Waals surface area contributed by atoms with Crippen molar-refractivity contribution in [2.24, 2.45) is 0 Å². The Morgan fingerprint density at radius 2 is 2.07 bits per heavy atom. The van der Waals surface area contributed by atoms with Crippen molar-refractivity contribution in [1.82, 2.24) is 0 Å². The highest BCUT2D eigenvalue weighted by molar-refractivity contribution is 9.09. The number of halogens is 1. The average Bonchev–Trinajstić information content (AvgIpc) is 2.18. The first-order valence-electron chi connectivity index (χ1n) is 4.95. The van der Waals surface area contributed by atoms with Gasteiger partial charge in [0.2, 0.25) is 0 Å². The highest BCUT2D eigenvalue weighted by Gasteiger charge is 1.99. The molecule has 1 rings (SSSR count). The SMILES string of the molecule is CC(=CCCBr)c1cc(C)ccc1C. The summed E-state index contributed by atoms with van der Waals surface area (Å²) in [6.07, 6.45) is 3.38. The maximum absolute atomic E-state index is 3.44. The predicted octanol–water partition coefficient (Wildman–Crippen LogP) is 4.49. The van der Waals surface area contributed by atoms with E-state index in [9.17, 15) is 0 Å². The van der Waals surface area contributed by atoms with Crippen LogP contribution in [0.1, 0.15) is 30.0 Å². The van der Waals surface area contributed by atoms with Crippen LogP contribution in [0.5, 0.6) is 0 Å². The number of hydrogen-bond acceptors (Lipinski definition) is 0. The van der Waals surface area contributed by atoms with E-state index in [0.717, 1.165) is 11.8 Å². The Bertz CT molecular complexity index is 337. The second-order valence-electron chi connectivity index (χ2n) is 3.68. The molecule has 0 atom stereocenters. The van der Waals surface area contributed by atoms with E-state index in [4.69, 9.17) is 0 Å². The van der Waals surface area contributed by atoms with Crippen molar-refractivity contribution in [2.45, 2.75) is 27.2 Å². The van der Waals surface area contributed by atoms with E-state index >= 15 is 0 Å².